The standard InChI is InChI=1S/C20H26N4O3/c1-3-17-11-7-8-12-24(17)19(25)15(2)27-20(26)18-14-23(22-21-18)13-16-9-5-4-6-10-16/h4-6,9-10,14-15,17H,3,7-8,11-13H2,1-2H3. The largest absolute Gasteiger partial charge is 0.448 e. The van der Waals surface area contributed by atoms with Gasteiger partial charge in [-0.1, -0.05) is 42.5 Å². The van der Waals surface area contributed by atoms with Crippen molar-refractivity contribution in [1.82, 2.24) is 19.9 Å². The fourth-order valence-electron chi connectivity index (χ4n) is 3.46. The van der Waals surface area contributed by atoms with Gasteiger partial charge >= 0.3 is 5.97 Å². The second kappa shape index (κ2) is 8.79. The van der Waals surface area contributed by atoms with Crippen molar-refractivity contribution in [2.45, 2.75) is 58.2 Å². The van der Waals surface area contributed by atoms with Crippen molar-refractivity contribution in [2.75, 3.05) is 6.54 Å². The number of piperidine rings is 1. The van der Waals surface area contributed by atoms with E-state index in [1.54, 1.807) is 17.8 Å². The predicted molar refractivity (Wildman–Crippen MR) is 100 cm³/mol. The molecule has 7 nitrogen and oxygen atoms in total. The molecule has 144 valence electrons. The van der Waals surface area contributed by atoms with E-state index in [4.69, 9.17) is 4.74 Å². The van der Waals surface area contributed by atoms with Crippen LogP contribution >= 0.6 is 0 Å². The van der Waals surface area contributed by atoms with Gasteiger partial charge in [-0.2, -0.15) is 0 Å². The summed E-state index contributed by atoms with van der Waals surface area (Å²) < 4.78 is 6.94. The second-order valence-electron chi connectivity index (χ2n) is 6.92. The molecule has 2 atom stereocenters. The summed E-state index contributed by atoms with van der Waals surface area (Å²) in [5.74, 6) is -0.758. The Morgan fingerprint density at radius 3 is 2.78 bits per heavy atom. The first-order valence-corrected chi connectivity index (χ1v) is 9.54. The summed E-state index contributed by atoms with van der Waals surface area (Å²) in [7, 11) is 0. The molecule has 1 aliphatic rings. The van der Waals surface area contributed by atoms with Crippen molar-refractivity contribution in [3.63, 3.8) is 0 Å². The van der Waals surface area contributed by atoms with Crippen molar-refractivity contribution >= 4 is 11.9 Å². The number of benzene rings is 1. The zero-order valence-corrected chi connectivity index (χ0v) is 15.9. The van der Waals surface area contributed by atoms with Crippen LogP contribution in [0.15, 0.2) is 36.5 Å². The first kappa shape index (κ1) is 19.1. The molecule has 27 heavy (non-hydrogen) atoms. The van der Waals surface area contributed by atoms with Crippen LogP contribution in [0.25, 0.3) is 0 Å². The fourth-order valence-corrected chi connectivity index (χ4v) is 3.46. The zero-order valence-electron chi connectivity index (χ0n) is 15.9. The van der Waals surface area contributed by atoms with Crippen LogP contribution in [0, 0.1) is 0 Å². The smallest absolute Gasteiger partial charge is 0.361 e. The minimum atomic E-state index is -0.830. The van der Waals surface area contributed by atoms with E-state index in [1.165, 1.54) is 0 Å². The summed E-state index contributed by atoms with van der Waals surface area (Å²) in [6.07, 6.45) is 4.78. The highest BCUT2D eigenvalue weighted by atomic mass is 16.5. The Morgan fingerprint density at radius 2 is 2.04 bits per heavy atom. The van der Waals surface area contributed by atoms with Crippen molar-refractivity contribution in [1.29, 1.82) is 0 Å². The number of amides is 1. The van der Waals surface area contributed by atoms with Gasteiger partial charge in [0, 0.05) is 12.6 Å². The van der Waals surface area contributed by atoms with Gasteiger partial charge < -0.3 is 9.64 Å². The van der Waals surface area contributed by atoms with Gasteiger partial charge in [-0.05, 0) is 38.2 Å². The molecule has 0 spiro atoms. The number of carbonyl (C=O) groups excluding carboxylic acids is 2. The van der Waals surface area contributed by atoms with Crippen molar-refractivity contribution in [2.24, 2.45) is 0 Å². The van der Waals surface area contributed by atoms with Crippen LogP contribution in [0.4, 0.5) is 0 Å². The Kier molecular flexibility index (Phi) is 6.21. The van der Waals surface area contributed by atoms with Crippen molar-refractivity contribution in [3.8, 4) is 0 Å². The van der Waals surface area contributed by atoms with Gasteiger partial charge in [-0.3, -0.25) is 4.79 Å². The molecule has 2 heterocycles. The lowest BCUT2D eigenvalue weighted by atomic mass is 9.99. The van der Waals surface area contributed by atoms with Gasteiger partial charge in [0.1, 0.15) is 0 Å². The number of aromatic nitrogens is 3. The highest BCUT2D eigenvalue weighted by Gasteiger charge is 2.31. The molecule has 1 aromatic heterocycles. The number of ether oxygens (including phenoxy) is 1. The van der Waals surface area contributed by atoms with Crippen molar-refractivity contribution in [3.05, 3.63) is 47.8 Å². The van der Waals surface area contributed by atoms with Gasteiger partial charge in [0.2, 0.25) is 0 Å². The van der Waals surface area contributed by atoms with Gasteiger partial charge in [-0.15, -0.1) is 5.10 Å². The van der Waals surface area contributed by atoms with Crippen LogP contribution in [0.1, 0.15) is 55.6 Å². The van der Waals surface area contributed by atoms with Gasteiger partial charge in [0.05, 0.1) is 12.7 Å². The molecule has 1 aliphatic heterocycles. The van der Waals surface area contributed by atoms with E-state index >= 15 is 0 Å². The topological polar surface area (TPSA) is 77.3 Å². The molecule has 2 aromatic rings. The van der Waals surface area contributed by atoms with Crippen LogP contribution in [-0.2, 0) is 16.1 Å². The summed E-state index contributed by atoms with van der Waals surface area (Å²) in [5.41, 5.74) is 1.16. The normalized spacial score (nSPS) is 18.1. The Labute approximate surface area is 159 Å². The maximum absolute atomic E-state index is 12.7. The highest BCUT2D eigenvalue weighted by molar-refractivity contribution is 5.90. The Balaban J connectivity index is 1.59. The molecule has 1 amide bonds. The molecule has 1 fully saturated rings. The van der Waals surface area contributed by atoms with E-state index in [9.17, 15) is 9.59 Å². The van der Waals surface area contributed by atoms with Crippen LogP contribution < -0.4 is 0 Å². The van der Waals surface area contributed by atoms with E-state index < -0.39 is 12.1 Å². The molecule has 0 aliphatic carbocycles. The number of rotatable bonds is 6. The average Bonchev–Trinajstić information content (AvgIpc) is 3.16. The molecule has 2 unspecified atom stereocenters. The molecule has 0 saturated carbocycles. The van der Waals surface area contributed by atoms with E-state index in [1.807, 2.05) is 35.2 Å². The average molecular weight is 370 g/mol. The highest BCUT2D eigenvalue weighted by Crippen LogP contribution is 2.21. The third kappa shape index (κ3) is 4.72. The van der Waals surface area contributed by atoms with Gasteiger partial charge in [0.15, 0.2) is 11.8 Å². The predicted octanol–water partition coefficient (Wildman–Crippen LogP) is 2.66. The number of hydrogen-bond donors (Lipinski definition) is 0. The molecule has 0 N–H and O–H groups in total. The quantitative estimate of drug-likeness (QED) is 0.731. The Hall–Kier alpha value is -2.70. The molecular formula is C20H26N4O3. The first-order chi connectivity index (χ1) is 13.1. The molecule has 3 rings (SSSR count). The molecule has 1 aromatic carbocycles. The van der Waals surface area contributed by atoms with Crippen LogP contribution in [0.5, 0.6) is 0 Å². The maximum Gasteiger partial charge on any atom is 0.361 e. The lowest BCUT2D eigenvalue weighted by Gasteiger charge is -2.36. The summed E-state index contributed by atoms with van der Waals surface area (Å²) in [6.45, 7) is 4.95. The number of esters is 1. The molecule has 1 saturated heterocycles. The summed E-state index contributed by atoms with van der Waals surface area (Å²) >= 11 is 0. The van der Waals surface area contributed by atoms with Gasteiger partial charge in [0.25, 0.3) is 5.91 Å². The molecule has 7 heteroatoms. The van der Waals surface area contributed by atoms with E-state index in [0.29, 0.717) is 6.54 Å². The summed E-state index contributed by atoms with van der Waals surface area (Å²) in [5, 5.41) is 7.85. The first-order valence-electron chi connectivity index (χ1n) is 9.54. The van der Waals surface area contributed by atoms with Crippen LogP contribution in [0.3, 0.4) is 0 Å². The van der Waals surface area contributed by atoms with Crippen molar-refractivity contribution < 1.29 is 14.3 Å². The Bertz CT molecular complexity index is 775. The third-order valence-corrected chi connectivity index (χ3v) is 4.95. The lowest BCUT2D eigenvalue weighted by Crippen LogP contribution is -2.48. The summed E-state index contributed by atoms with van der Waals surface area (Å²) in [6, 6.07) is 10.0. The third-order valence-electron chi connectivity index (χ3n) is 4.95. The number of carbonyl (C=O) groups is 2. The molecule has 0 radical (unpaired) electrons. The van der Waals surface area contributed by atoms with E-state index in [0.717, 1.165) is 37.8 Å². The minimum absolute atomic E-state index is 0.108. The maximum atomic E-state index is 12.7. The molecule has 0 bridgehead atoms. The molecular weight excluding hydrogens is 344 g/mol. The fraction of sp³-hybridized carbons (Fsp3) is 0.500. The zero-order chi connectivity index (χ0) is 19.2. The summed E-state index contributed by atoms with van der Waals surface area (Å²) in [4.78, 5) is 26.9. The lowest BCUT2D eigenvalue weighted by molar-refractivity contribution is -0.143. The Morgan fingerprint density at radius 1 is 1.26 bits per heavy atom. The van der Waals surface area contributed by atoms with E-state index in [2.05, 4.69) is 17.2 Å². The number of likely N-dealkylation sites (tertiary alicyclic amines) is 1. The SMILES string of the molecule is CCC1CCCCN1C(=O)C(C)OC(=O)c1cn(Cc2ccccc2)nn1. The van der Waals surface area contributed by atoms with E-state index in [-0.39, 0.29) is 17.6 Å². The number of hydrogen-bond acceptors (Lipinski definition) is 5. The van der Waals surface area contributed by atoms with Gasteiger partial charge in [-0.25, -0.2) is 9.48 Å². The van der Waals surface area contributed by atoms with Crippen LogP contribution in [-0.4, -0.2) is 50.5 Å². The minimum Gasteiger partial charge on any atom is -0.448 e. The second-order valence-corrected chi connectivity index (χ2v) is 6.92. The number of nitrogens with zero attached hydrogens (tertiary/aromatic N) is 4. The monoisotopic (exact) mass is 370 g/mol. The van der Waals surface area contributed by atoms with Crippen LogP contribution in [0.2, 0.25) is 0 Å².